The van der Waals surface area contributed by atoms with Gasteiger partial charge in [0.25, 0.3) is 15.9 Å². The number of urea groups is 1. The van der Waals surface area contributed by atoms with Crippen LogP contribution >= 0.6 is 11.3 Å². The Hall–Kier alpha value is -3.11. The molecule has 3 amide bonds. The van der Waals surface area contributed by atoms with Crippen molar-refractivity contribution in [2.24, 2.45) is 0 Å². The Morgan fingerprint density at radius 1 is 1.13 bits per heavy atom. The molecule has 1 aromatic heterocycles. The van der Waals surface area contributed by atoms with Gasteiger partial charge in [0.15, 0.2) is 6.29 Å². The molecule has 206 valence electrons. The van der Waals surface area contributed by atoms with Crippen molar-refractivity contribution in [3.8, 4) is 10.4 Å². The van der Waals surface area contributed by atoms with Gasteiger partial charge in [-0.25, -0.2) is 27.9 Å². The summed E-state index contributed by atoms with van der Waals surface area (Å²) in [6.07, 6.45) is 1.59. The number of carboxylic acids is 1. The van der Waals surface area contributed by atoms with Crippen molar-refractivity contribution in [1.82, 2.24) is 20.0 Å². The first kappa shape index (κ1) is 27.9. The monoisotopic (exact) mass is 570 g/mol. The van der Waals surface area contributed by atoms with E-state index >= 15 is 0 Å². The maximum Gasteiger partial charge on any atom is 0.323 e. The number of nitrogens with zero attached hydrogens (tertiary/aromatic N) is 2. The van der Waals surface area contributed by atoms with Crippen molar-refractivity contribution >= 4 is 39.3 Å². The lowest BCUT2D eigenvalue weighted by Crippen LogP contribution is -2.62. The molecule has 0 spiro atoms. The molecule has 12 nitrogen and oxygen atoms in total. The fourth-order valence-electron chi connectivity index (χ4n) is 4.05. The van der Waals surface area contributed by atoms with Crippen molar-refractivity contribution in [2.45, 2.75) is 35.8 Å². The average Bonchev–Trinajstić information content (AvgIpc) is 3.42. The number of hydroxylamine groups is 1. The van der Waals surface area contributed by atoms with E-state index < -0.39 is 52.6 Å². The number of halogens is 1. The number of amides is 3. The molecular formula is C23H27FN4O8S2. The molecule has 4 rings (SSSR count). The van der Waals surface area contributed by atoms with Gasteiger partial charge in [0.05, 0.1) is 0 Å². The van der Waals surface area contributed by atoms with Crippen LogP contribution in [0.3, 0.4) is 0 Å². The van der Waals surface area contributed by atoms with Crippen molar-refractivity contribution in [3.63, 3.8) is 0 Å². The van der Waals surface area contributed by atoms with E-state index in [-0.39, 0.29) is 23.8 Å². The summed E-state index contributed by atoms with van der Waals surface area (Å²) >= 11 is 0.968. The van der Waals surface area contributed by atoms with E-state index in [9.17, 15) is 27.2 Å². The number of thiophene rings is 1. The fourth-order valence-corrected chi connectivity index (χ4v) is 7.07. The SMILES string of the molecule is O=C(O)CNC(=O)N1CCN(S(=O)(=O)c2ccc(-c3ccc(F)cc3)s2)C(C(=O)NOC2CCCCO2)C1. The molecule has 2 saturated heterocycles. The third kappa shape index (κ3) is 6.66. The molecule has 38 heavy (non-hydrogen) atoms. The van der Waals surface area contributed by atoms with Gasteiger partial charge in [-0.2, -0.15) is 4.31 Å². The number of carboxylic acid groups (broad SMARTS) is 1. The number of sulfonamides is 1. The van der Waals surface area contributed by atoms with E-state index in [1.54, 1.807) is 6.07 Å². The Morgan fingerprint density at radius 3 is 2.58 bits per heavy atom. The van der Waals surface area contributed by atoms with E-state index in [4.69, 9.17) is 14.7 Å². The zero-order valence-electron chi connectivity index (χ0n) is 20.2. The first-order valence-electron chi connectivity index (χ1n) is 11.8. The first-order valence-corrected chi connectivity index (χ1v) is 14.1. The van der Waals surface area contributed by atoms with Crippen LogP contribution in [0.2, 0.25) is 0 Å². The van der Waals surface area contributed by atoms with Gasteiger partial charge in [0.2, 0.25) is 0 Å². The topological polar surface area (TPSA) is 155 Å². The number of piperazine rings is 1. The molecule has 0 saturated carbocycles. The Bertz CT molecular complexity index is 1260. The molecular weight excluding hydrogens is 543 g/mol. The van der Waals surface area contributed by atoms with E-state index in [1.165, 1.54) is 35.2 Å². The van der Waals surface area contributed by atoms with Gasteiger partial charge in [0.1, 0.15) is 22.6 Å². The number of benzene rings is 1. The number of hydrogen-bond acceptors (Lipinski definition) is 8. The second kappa shape index (κ2) is 12.2. The molecule has 2 fully saturated rings. The summed E-state index contributed by atoms with van der Waals surface area (Å²) < 4.78 is 47.0. The number of carbonyl (C=O) groups is 3. The smallest absolute Gasteiger partial charge is 0.323 e. The van der Waals surface area contributed by atoms with Crippen LogP contribution in [0.25, 0.3) is 10.4 Å². The normalized spacial score (nSPS) is 20.6. The summed E-state index contributed by atoms with van der Waals surface area (Å²) in [6, 6.07) is 6.52. The molecule has 3 heterocycles. The van der Waals surface area contributed by atoms with E-state index in [2.05, 4.69) is 10.8 Å². The standard InChI is InChI=1S/C23H27FN4O8S2/c24-16-6-4-15(5-7-16)18-8-9-21(37-18)38(33,34)28-11-10-27(23(32)25-13-19(29)30)14-17(28)22(31)26-36-20-3-1-2-12-35-20/h4-9,17,20H,1-3,10-14H2,(H,25,32)(H,26,31)(H,29,30). The van der Waals surface area contributed by atoms with Crippen molar-refractivity contribution in [2.75, 3.05) is 32.8 Å². The molecule has 15 heteroatoms. The Labute approximate surface area is 222 Å². The molecule has 2 unspecified atom stereocenters. The summed E-state index contributed by atoms with van der Waals surface area (Å²) in [7, 11) is -4.19. The van der Waals surface area contributed by atoms with Crippen LogP contribution in [0.1, 0.15) is 19.3 Å². The van der Waals surface area contributed by atoms with Crippen LogP contribution in [-0.4, -0.2) is 85.8 Å². The van der Waals surface area contributed by atoms with Gasteiger partial charge < -0.3 is 20.1 Å². The Morgan fingerprint density at radius 2 is 1.89 bits per heavy atom. The van der Waals surface area contributed by atoms with Crippen molar-refractivity contribution in [3.05, 3.63) is 42.2 Å². The van der Waals surface area contributed by atoms with E-state index in [1.807, 2.05) is 0 Å². The summed E-state index contributed by atoms with van der Waals surface area (Å²) in [6.45, 7) is -0.780. The quantitative estimate of drug-likeness (QED) is 0.405. The number of aliphatic carboxylic acids is 1. The molecule has 2 aromatic rings. The second-order valence-corrected chi connectivity index (χ2v) is 11.8. The van der Waals surface area contributed by atoms with Gasteiger partial charge in [-0.15, -0.1) is 11.3 Å². The third-order valence-corrected chi connectivity index (χ3v) is 9.52. The van der Waals surface area contributed by atoms with E-state index in [0.717, 1.165) is 28.5 Å². The minimum absolute atomic E-state index is 0.0325. The average molecular weight is 571 g/mol. The number of hydrogen-bond donors (Lipinski definition) is 3. The summed E-state index contributed by atoms with van der Waals surface area (Å²) in [5, 5.41) is 11.1. The summed E-state index contributed by atoms with van der Waals surface area (Å²) in [5.41, 5.74) is 2.90. The highest BCUT2D eigenvalue weighted by Gasteiger charge is 2.42. The molecule has 0 bridgehead atoms. The molecule has 0 aliphatic carbocycles. The molecule has 2 aliphatic rings. The molecule has 0 radical (unpaired) electrons. The van der Waals surface area contributed by atoms with Gasteiger partial charge in [-0.1, -0.05) is 12.1 Å². The molecule has 1 aromatic carbocycles. The fraction of sp³-hybridized carbons (Fsp3) is 0.435. The zero-order valence-corrected chi connectivity index (χ0v) is 21.8. The largest absolute Gasteiger partial charge is 0.480 e. The lowest BCUT2D eigenvalue weighted by Gasteiger charge is -2.39. The minimum atomic E-state index is -4.19. The predicted molar refractivity (Wildman–Crippen MR) is 133 cm³/mol. The van der Waals surface area contributed by atoms with Crippen LogP contribution in [0.15, 0.2) is 40.6 Å². The van der Waals surface area contributed by atoms with Crippen LogP contribution in [-0.2, 0) is 29.2 Å². The number of nitrogens with one attached hydrogen (secondary N) is 2. The molecule has 2 aliphatic heterocycles. The van der Waals surface area contributed by atoms with Crippen LogP contribution in [0, 0.1) is 5.82 Å². The maximum absolute atomic E-state index is 13.6. The van der Waals surface area contributed by atoms with Gasteiger partial charge in [-0.05, 0) is 42.7 Å². The Balaban J connectivity index is 1.54. The summed E-state index contributed by atoms with van der Waals surface area (Å²) in [5.74, 6) is -2.46. The lowest BCUT2D eigenvalue weighted by molar-refractivity contribution is -0.202. The van der Waals surface area contributed by atoms with Crippen LogP contribution in [0.5, 0.6) is 0 Å². The van der Waals surface area contributed by atoms with Crippen LogP contribution in [0.4, 0.5) is 9.18 Å². The highest BCUT2D eigenvalue weighted by Crippen LogP contribution is 2.33. The number of ether oxygens (including phenoxy) is 1. The lowest BCUT2D eigenvalue weighted by atomic mass is 10.2. The first-order chi connectivity index (χ1) is 18.1. The number of carbonyl (C=O) groups excluding carboxylic acids is 2. The van der Waals surface area contributed by atoms with Crippen LogP contribution < -0.4 is 10.8 Å². The highest BCUT2D eigenvalue weighted by molar-refractivity contribution is 7.91. The molecule has 3 N–H and O–H groups in total. The number of rotatable bonds is 8. The maximum atomic E-state index is 13.6. The Kier molecular flexibility index (Phi) is 8.94. The van der Waals surface area contributed by atoms with E-state index in [0.29, 0.717) is 23.5 Å². The predicted octanol–water partition coefficient (Wildman–Crippen LogP) is 1.60. The van der Waals surface area contributed by atoms with Gasteiger partial charge in [-0.3, -0.25) is 9.59 Å². The summed E-state index contributed by atoms with van der Waals surface area (Å²) in [4.78, 5) is 43.5. The van der Waals surface area contributed by atoms with Gasteiger partial charge >= 0.3 is 12.0 Å². The van der Waals surface area contributed by atoms with Crippen molar-refractivity contribution < 1.29 is 41.9 Å². The van der Waals surface area contributed by atoms with Crippen molar-refractivity contribution in [1.29, 1.82) is 0 Å². The molecule has 2 atom stereocenters. The highest BCUT2D eigenvalue weighted by atomic mass is 32.2. The second-order valence-electron chi connectivity index (χ2n) is 8.64. The minimum Gasteiger partial charge on any atom is -0.480 e. The third-order valence-electron chi connectivity index (χ3n) is 6.01. The van der Waals surface area contributed by atoms with Gasteiger partial charge in [0, 0.05) is 37.5 Å². The zero-order chi connectivity index (χ0) is 27.3.